The number of anilines is 1. The van der Waals surface area contributed by atoms with E-state index in [0.29, 0.717) is 6.04 Å². The third kappa shape index (κ3) is 2.22. The number of ether oxygens (including phenoxy) is 1. The second-order valence-electron chi connectivity index (χ2n) is 3.75. The fourth-order valence-electron chi connectivity index (χ4n) is 1.44. The van der Waals surface area contributed by atoms with E-state index in [-0.39, 0.29) is 6.10 Å². The average Bonchev–Trinajstić information content (AvgIpc) is 2.69. The van der Waals surface area contributed by atoms with Gasteiger partial charge in [-0.1, -0.05) is 11.3 Å². The zero-order chi connectivity index (χ0) is 9.97. The van der Waals surface area contributed by atoms with Crippen molar-refractivity contribution < 1.29 is 4.74 Å². The topological polar surface area (TPSA) is 47.0 Å². The molecule has 14 heavy (non-hydrogen) atoms. The van der Waals surface area contributed by atoms with Gasteiger partial charge < -0.3 is 10.1 Å². The molecule has 1 aliphatic heterocycles. The van der Waals surface area contributed by atoms with E-state index in [1.54, 1.807) is 11.3 Å². The van der Waals surface area contributed by atoms with Crippen molar-refractivity contribution in [3.8, 4) is 0 Å². The van der Waals surface area contributed by atoms with Gasteiger partial charge in [-0.15, -0.1) is 10.2 Å². The van der Waals surface area contributed by atoms with Crippen LogP contribution in [0.3, 0.4) is 0 Å². The summed E-state index contributed by atoms with van der Waals surface area (Å²) in [6.45, 7) is 5.04. The van der Waals surface area contributed by atoms with Crippen molar-refractivity contribution in [2.45, 2.75) is 38.8 Å². The molecule has 1 saturated heterocycles. The molecular formula is C9H15N3OS. The Morgan fingerprint density at radius 1 is 1.50 bits per heavy atom. The van der Waals surface area contributed by atoms with Crippen LogP contribution >= 0.6 is 11.3 Å². The molecule has 1 aromatic heterocycles. The van der Waals surface area contributed by atoms with Crippen molar-refractivity contribution >= 4 is 16.5 Å². The zero-order valence-corrected chi connectivity index (χ0v) is 9.30. The minimum Gasteiger partial charge on any atom is -0.371 e. The van der Waals surface area contributed by atoms with Gasteiger partial charge in [-0.05, 0) is 26.7 Å². The van der Waals surface area contributed by atoms with Crippen LogP contribution in [0.15, 0.2) is 0 Å². The van der Waals surface area contributed by atoms with E-state index in [2.05, 4.69) is 29.4 Å². The number of rotatable bonds is 3. The van der Waals surface area contributed by atoms with Gasteiger partial charge in [0.1, 0.15) is 11.1 Å². The van der Waals surface area contributed by atoms with Gasteiger partial charge in [0.2, 0.25) is 5.13 Å². The van der Waals surface area contributed by atoms with Crippen LogP contribution in [0.4, 0.5) is 5.13 Å². The number of hydrogen-bond acceptors (Lipinski definition) is 5. The number of nitrogens with zero attached hydrogens (tertiary/aromatic N) is 2. The second-order valence-corrected chi connectivity index (χ2v) is 4.76. The van der Waals surface area contributed by atoms with Gasteiger partial charge >= 0.3 is 0 Å². The molecule has 0 saturated carbocycles. The second kappa shape index (κ2) is 4.23. The Morgan fingerprint density at radius 2 is 2.36 bits per heavy atom. The molecule has 0 amide bonds. The molecule has 4 nitrogen and oxygen atoms in total. The van der Waals surface area contributed by atoms with Gasteiger partial charge in [-0.2, -0.15) is 0 Å². The summed E-state index contributed by atoms with van der Waals surface area (Å²) in [6.07, 6.45) is 2.41. The molecule has 2 rings (SSSR count). The number of nitrogens with one attached hydrogen (secondary N) is 1. The van der Waals surface area contributed by atoms with Gasteiger partial charge in [0.25, 0.3) is 0 Å². The van der Waals surface area contributed by atoms with Crippen molar-refractivity contribution in [1.82, 2.24) is 10.2 Å². The molecule has 0 bridgehead atoms. The summed E-state index contributed by atoms with van der Waals surface area (Å²) in [4.78, 5) is 0. The van der Waals surface area contributed by atoms with Crippen LogP contribution in [0.1, 0.15) is 37.8 Å². The van der Waals surface area contributed by atoms with E-state index in [4.69, 9.17) is 4.74 Å². The Bertz CT molecular complexity index is 294. The Balaban J connectivity index is 2.01. The largest absolute Gasteiger partial charge is 0.371 e. The molecule has 78 valence electrons. The Hall–Kier alpha value is -0.680. The maximum atomic E-state index is 5.54. The monoisotopic (exact) mass is 213 g/mol. The molecular weight excluding hydrogens is 198 g/mol. The van der Waals surface area contributed by atoms with Gasteiger partial charge in [-0.25, -0.2) is 0 Å². The summed E-state index contributed by atoms with van der Waals surface area (Å²) in [6, 6.07) is 0.403. The molecule has 0 aliphatic carbocycles. The zero-order valence-electron chi connectivity index (χ0n) is 8.49. The van der Waals surface area contributed by atoms with Crippen molar-refractivity contribution in [2.24, 2.45) is 0 Å². The average molecular weight is 213 g/mol. The summed E-state index contributed by atoms with van der Waals surface area (Å²) < 4.78 is 5.54. The van der Waals surface area contributed by atoms with Crippen LogP contribution in [-0.2, 0) is 4.74 Å². The summed E-state index contributed by atoms with van der Waals surface area (Å²) in [5, 5.41) is 13.3. The van der Waals surface area contributed by atoms with Crippen molar-refractivity contribution in [2.75, 3.05) is 11.9 Å². The van der Waals surface area contributed by atoms with Crippen molar-refractivity contribution in [3.05, 3.63) is 5.01 Å². The lowest BCUT2D eigenvalue weighted by Gasteiger charge is -2.04. The fourth-order valence-corrected chi connectivity index (χ4v) is 2.42. The van der Waals surface area contributed by atoms with Crippen LogP contribution in [0.5, 0.6) is 0 Å². The third-order valence-electron chi connectivity index (χ3n) is 2.06. The van der Waals surface area contributed by atoms with Crippen LogP contribution < -0.4 is 5.32 Å². The molecule has 2 heterocycles. The molecule has 1 N–H and O–H groups in total. The standard InChI is InChI=1S/C9H15N3OS/c1-6(2)10-9-12-11-8(14-9)7-4-3-5-13-7/h6-7H,3-5H2,1-2H3,(H,10,12). The number of hydrogen-bond donors (Lipinski definition) is 1. The molecule has 5 heteroatoms. The molecule has 1 aromatic rings. The predicted molar refractivity (Wildman–Crippen MR) is 56.6 cm³/mol. The molecule has 1 aliphatic rings. The van der Waals surface area contributed by atoms with Crippen molar-refractivity contribution in [3.63, 3.8) is 0 Å². The van der Waals surface area contributed by atoms with Gasteiger partial charge in [0.05, 0.1) is 0 Å². The van der Waals surface area contributed by atoms with Crippen LogP contribution in [0, 0.1) is 0 Å². The van der Waals surface area contributed by atoms with Gasteiger partial charge in [-0.3, -0.25) is 0 Å². The normalized spacial score (nSPS) is 21.8. The van der Waals surface area contributed by atoms with E-state index < -0.39 is 0 Å². The lowest BCUT2D eigenvalue weighted by Crippen LogP contribution is -2.08. The number of aromatic nitrogens is 2. The van der Waals surface area contributed by atoms with Crippen LogP contribution in [-0.4, -0.2) is 22.8 Å². The first-order valence-corrected chi connectivity index (χ1v) is 5.79. The highest BCUT2D eigenvalue weighted by Crippen LogP contribution is 2.31. The van der Waals surface area contributed by atoms with E-state index in [0.717, 1.165) is 29.6 Å². The fraction of sp³-hybridized carbons (Fsp3) is 0.778. The highest BCUT2D eigenvalue weighted by atomic mass is 32.1. The van der Waals surface area contributed by atoms with E-state index in [9.17, 15) is 0 Å². The summed E-state index contributed by atoms with van der Waals surface area (Å²) >= 11 is 1.60. The molecule has 0 spiro atoms. The maximum Gasteiger partial charge on any atom is 0.205 e. The lowest BCUT2D eigenvalue weighted by atomic mass is 10.2. The van der Waals surface area contributed by atoms with Gasteiger partial charge in [0, 0.05) is 12.6 Å². The highest BCUT2D eigenvalue weighted by Gasteiger charge is 2.21. The van der Waals surface area contributed by atoms with Crippen LogP contribution in [0.25, 0.3) is 0 Å². The lowest BCUT2D eigenvalue weighted by molar-refractivity contribution is 0.111. The third-order valence-corrected chi connectivity index (χ3v) is 3.00. The van der Waals surface area contributed by atoms with E-state index in [1.807, 2.05) is 0 Å². The molecule has 0 radical (unpaired) electrons. The Labute approximate surface area is 87.7 Å². The SMILES string of the molecule is CC(C)Nc1nnc(C2CCCO2)s1. The summed E-state index contributed by atoms with van der Waals surface area (Å²) in [5.41, 5.74) is 0. The predicted octanol–water partition coefficient (Wildman–Crippen LogP) is 2.21. The maximum absolute atomic E-state index is 5.54. The van der Waals surface area contributed by atoms with Gasteiger partial charge in [0.15, 0.2) is 0 Å². The first-order valence-electron chi connectivity index (χ1n) is 4.97. The molecule has 0 aromatic carbocycles. The Morgan fingerprint density at radius 3 is 3.00 bits per heavy atom. The highest BCUT2D eigenvalue weighted by molar-refractivity contribution is 7.15. The molecule has 1 atom stereocenters. The molecule has 1 fully saturated rings. The minimum absolute atomic E-state index is 0.190. The van der Waals surface area contributed by atoms with Crippen molar-refractivity contribution in [1.29, 1.82) is 0 Å². The quantitative estimate of drug-likeness (QED) is 0.836. The summed E-state index contributed by atoms with van der Waals surface area (Å²) in [7, 11) is 0. The van der Waals surface area contributed by atoms with E-state index in [1.165, 1.54) is 0 Å². The smallest absolute Gasteiger partial charge is 0.205 e. The minimum atomic E-state index is 0.190. The first-order chi connectivity index (χ1) is 6.75. The Kier molecular flexibility index (Phi) is 2.98. The first kappa shape index (κ1) is 9.86. The molecule has 1 unspecified atom stereocenters. The summed E-state index contributed by atoms with van der Waals surface area (Å²) in [5.74, 6) is 0. The van der Waals surface area contributed by atoms with E-state index >= 15 is 0 Å². The van der Waals surface area contributed by atoms with Crippen LogP contribution in [0.2, 0.25) is 0 Å².